The predicted octanol–water partition coefficient (Wildman–Crippen LogP) is 4.17. The molecule has 1 heterocycles. The molecule has 1 aliphatic rings. The number of urea groups is 1. The zero-order chi connectivity index (χ0) is 20.3. The van der Waals surface area contributed by atoms with Gasteiger partial charge in [-0.1, -0.05) is 91.0 Å². The summed E-state index contributed by atoms with van der Waals surface area (Å²) in [5.41, 5.74) is 0.259. The lowest BCUT2D eigenvalue weighted by Gasteiger charge is -2.44. The van der Waals surface area contributed by atoms with E-state index in [0.717, 1.165) is 0 Å². The maximum Gasteiger partial charge on any atom is 0.315 e. The van der Waals surface area contributed by atoms with Crippen LogP contribution in [0.15, 0.2) is 91.0 Å². The lowest BCUT2D eigenvalue weighted by molar-refractivity contribution is 0.0708. The summed E-state index contributed by atoms with van der Waals surface area (Å²) in [6.07, 6.45) is 0. The molecule has 2 N–H and O–H groups in total. The number of amides is 2. The molecule has 1 fully saturated rings. The zero-order valence-corrected chi connectivity index (χ0v) is 15.6. The van der Waals surface area contributed by atoms with Gasteiger partial charge in [0, 0.05) is 5.56 Å². The number of rotatable bonds is 4. The normalized spacial score (nSPS) is 23.3. The van der Waals surface area contributed by atoms with Crippen molar-refractivity contribution in [2.24, 2.45) is 5.41 Å². The van der Waals surface area contributed by atoms with Crippen molar-refractivity contribution >= 4 is 11.8 Å². The summed E-state index contributed by atoms with van der Waals surface area (Å²) in [5, 5.41) is 16.1. The van der Waals surface area contributed by atoms with Crippen LogP contribution in [-0.4, -0.2) is 11.8 Å². The number of hydrogen-bond donors (Lipinski definition) is 2. The maximum absolute atomic E-state index is 13.8. The second-order valence-corrected chi connectivity index (χ2v) is 6.98. The Labute approximate surface area is 169 Å². The van der Waals surface area contributed by atoms with Crippen LogP contribution in [0.25, 0.3) is 0 Å². The van der Waals surface area contributed by atoms with Crippen LogP contribution in [-0.2, 0) is 0 Å². The van der Waals surface area contributed by atoms with Crippen molar-refractivity contribution in [3.63, 3.8) is 0 Å². The Morgan fingerprint density at radius 1 is 0.759 bits per heavy atom. The molecule has 4 rings (SSSR count). The maximum atomic E-state index is 13.8. The summed E-state index contributed by atoms with van der Waals surface area (Å²) in [6.45, 7) is 0. The van der Waals surface area contributed by atoms with Crippen LogP contribution in [0.5, 0.6) is 0 Å². The van der Waals surface area contributed by atoms with Gasteiger partial charge in [-0.25, -0.2) is 4.79 Å². The highest BCUT2D eigenvalue weighted by Gasteiger charge is 2.57. The van der Waals surface area contributed by atoms with Gasteiger partial charge in [0.05, 0.1) is 18.2 Å². The summed E-state index contributed by atoms with van der Waals surface area (Å²) < 4.78 is 0. The largest absolute Gasteiger partial charge is 0.329 e. The summed E-state index contributed by atoms with van der Waals surface area (Å²) in [5.74, 6) is -0.337. The van der Waals surface area contributed by atoms with Gasteiger partial charge in [0.1, 0.15) is 0 Å². The molecule has 3 aromatic carbocycles. The standard InChI is InChI=1S/C24H19N3O2/c25-16-24(22(28)19-14-8-3-9-15-19)20(17-10-4-1-5-11-17)26-23(29)27-21(24)18-12-6-2-7-13-18/h1-15,20-21H,(H2,26,27,29). The molecule has 0 radical (unpaired) electrons. The lowest BCUT2D eigenvalue weighted by atomic mass is 9.65. The smallest absolute Gasteiger partial charge is 0.315 e. The third-order valence-corrected chi connectivity index (χ3v) is 5.32. The quantitative estimate of drug-likeness (QED) is 0.665. The molecule has 5 nitrogen and oxygen atoms in total. The minimum absolute atomic E-state index is 0.337. The van der Waals surface area contributed by atoms with Crippen LogP contribution >= 0.6 is 0 Å². The average Bonchev–Trinajstić information content (AvgIpc) is 2.80. The minimum Gasteiger partial charge on any atom is -0.329 e. The van der Waals surface area contributed by atoms with E-state index in [1.54, 1.807) is 24.3 Å². The molecule has 5 heteroatoms. The van der Waals surface area contributed by atoms with Crippen molar-refractivity contribution in [1.82, 2.24) is 10.6 Å². The van der Waals surface area contributed by atoms with E-state index < -0.39 is 23.5 Å². The topological polar surface area (TPSA) is 82.0 Å². The molecule has 1 aliphatic heterocycles. The van der Waals surface area contributed by atoms with E-state index in [2.05, 4.69) is 16.7 Å². The fourth-order valence-electron chi connectivity index (χ4n) is 3.95. The molecule has 0 aromatic heterocycles. The Kier molecular flexibility index (Phi) is 4.84. The third-order valence-electron chi connectivity index (χ3n) is 5.32. The van der Waals surface area contributed by atoms with E-state index in [1.165, 1.54) is 0 Å². The molecule has 1 saturated heterocycles. The molecular formula is C24H19N3O2. The van der Waals surface area contributed by atoms with Crippen molar-refractivity contribution in [1.29, 1.82) is 5.26 Å². The number of nitrogens with zero attached hydrogens (tertiary/aromatic N) is 1. The fourth-order valence-corrected chi connectivity index (χ4v) is 3.95. The molecule has 0 spiro atoms. The van der Waals surface area contributed by atoms with E-state index >= 15 is 0 Å². The number of nitriles is 1. The van der Waals surface area contributed by atoms with E-state index in [4.69, 9.17) is 0 Å². The van der Waals surface area contributed by atoms with Gasteiger partial charge in [-0.2, -0.15) is 5.26 Å². The van der Waals surface area contributed by atoms with Gasteiger partial charge in [0.25, 0.3) is 0 Å². The molecule has 0 saturated carbocycles. The molecule has 0 aliphatic carbocycles. The van der Waals surface area contributed by atoms with E-state index in [1.807, 2.05) is 66.7 Å². The van der Waals surface area contributed by atoms with Crippen molar-refractivity contribution in [3.8, 4) is 6.07 Å². The monoisotopic (exact) mass is 381 g/mol. The van der Waals surface area contributed by atoms with Gasteiger partial charge in [-0.3, -0.25) is 4.79 Å². The molecule has 2 atom stereocenters. The molecule has 3 aromatic rings. The van der Waals surface area contributed by atoms with Gasteiger partial charge in [-0.05, 0) is 11.1 Å². The molecule has 2 unspecified atom stereocenters. The van der Waals surface area contributed by atoms with E-state index in [-0.39, 0.29) is 5.78 Å². The number of nitrogens with one attached hydrogen (secondary N) is 2. The summed E-state index contributed by atoms with van der Waals surface area (Å²) in [4.78, 5) is 26.4. The lowest BCUT2D eigenvalue weighted by Crippen LogP contribution is -2.60. The number of hydrogen-bond acceptors (Lipinski definition) is 3. The Hall–Kier alpha value is -3.91. The minimum atomic E-state index is -1.57. The Morgan fingerprint density at radius 3 is 1.59 bits per heavy atom. The van der Waals surface area contributed by atoms with Crippen molar-refractivity contribution in [2.45, 2.75) is 12.1 Å². The molecule has 142 valence electrons. The fraction of sp³-hybridized carbons (Fsp3) is 0.125. The number of benzene rings is 3. The number of carbonyl (C=O) groups is 2. The first-order valence-corrected chi connectivity index (χ1v) is 9.35. The molecule has 2 amide bonds. The second-order valence-electron chi connectivity index (χ2n) is 6.98. The highest BCUT2D eigenvalue weighted by atomic mass is 16.2. The Balaban J connectivity index is 1.95. The number of ketones is 1. The SMILES string of the molecule is N#CC1(C(=O)c2ccccc2)C(c2ccccc2)NC(=O)NC1c1ccccc1. The molecule has 29 heavy (non-hydrogen) atoms. The van der Waals surface area contributed by atoms with E-state index in [0.29, 0.717) is 16.7 Å². The van der Waals surface area contributed by atoms with E-state index in [9.17, 15) is 14.9 Å². The Morgan fingerprint density at radius 2 is 1.17 bits per heavy atom. The van der Waals surface area contributed by atoms with Crippen LogP contribution in [0.2, 0.25) is 0 Å². The van der Waals surface area contributed by atoms with Crippen molar-refractivity contribution < 1.29 is 9.59 Å². The highest BCUT2D eigenvalue weighted by Crippen LogP contribution is 2.48. The summed E-state index contributed by atoms with van der Waals surface area (Å²) in [6, 6.07) is 27.3. The van der Waals surface area contributed by atoms with Crippen LogP contribution in [0.4, 0.5) is 4.79 Å². The van der Waals surface area contributed by atoms with Gasteiger partial charge >= 0.3 is 6.03 Å². The number of Topliss-reactive ketones (excluding diaryl/α,β-unsaturated/α-hetero) is 1. The number of carbonyl (C=O) groups excluding carboxylic acids is 2. The molecular weight excluding hydrogens is 362 g/mol. The molecule has 0 bridgehead atoms. The van der Waals surface area contributed by atoms with Crippen LogP contribution < -0.4 is 10.6 Å². The van der Waals surface area contributed by atoms with Crippen molar-refractivity contribution in [3.05, 3.63) is 108 Å². The third kappa shape index (κ3) is 3.15. The average molecular weight is 381 g/mol. The Bertz CT molecular complexity index is 1010. The predicted molar refractivity (Wildman–Crippen MR) is 109 cm³/mol. The van der Waals surface area contributed by atoms with Crippen molar-refractivity contribution in [2.75, 3.05) is 0 Å². The van der Waals surface area contributed by atoms with Crippen LogP contribution in [0.3, 0.4) is 0 Å². The summed E-state index contributed by atoms with van der Waals surface area (Å²) >= 11 is 0. The summed E-state index contributed by atoms with van der Waals surface area (Å²) in [7, 11) is 0. The first-order valence-electron chi connectivity index (χ1n) is 9.35. The highest BCUT2D eigenvalue weighted by molar-refractivity contribution is 6.05. The second kappa shape index (κ2) is 7.61. The van der Waals surface area contributed by atoms with Gasteiger partial charge < -0.3 is 10.6 Å². The van der Waals surface area contributed by atoms with Crippen LogP contribution in [0.1, 0.15) is 33.6 Å². The van der Waals surface area contributed by atoms with Gasteiger partial charge in [0.2, 0.25) is 0 Å². The van der Waals surface area contributed by atoms with Crippen LogP contribution in [0, 0.1) is 16.7 Å². The first-order chi connectivity index (χ1) is 14.2. The van der Waals surface area contributed by atoms with Gasteiger partial charge in [0.15, 0.2) is 11.2 Å². The zero-order valence-electron chi connectivity index (χ0n) is 15.6. The first kappa shape index (κ1) is 18.5. The van der Waals surface area contributed by atoms with Gasteiger partial charge in [-0.15, -0.1) is 0 Å².